The number of carbonyl (C=O) groups is 3. The topological polar surface area (TPSA) is 155 Å². The van der Waals surface area contributed by atoms with Gasteiger partial charge in [0.05, 0.1) is 12.6 Å². The average molecular weight is 450 g/mol. The van der Waals surface area contributed by atoms with Crippen LogP contribution in [0, 0.1) is 0 Å². The van der Waals surface area contributed by atoms with Crippen LogP contribution in [-0.2, 0) is 29.1 Å². The summed E-state index contributed by atoms with van der Waals surface area (Å²) in [6.45, 7) is 6.07. The van der Waals surface area contributed by atoms with E-state index in [9.17, 15) is 22.8 Å². The van der Waals surface area contributed by atoms with E-state index in [4.69, 9.17) is 14.1 Å². The Balaban J connectivity index is 1.49. The van der Waals surface area contributed by atoms with Crippen molar-refractivity contribution in [2.75, 3.05) is 19.6 Å². The van der Waals surface area contributed by atoms with Gasteiger partial charge in [-0.05, 0) is 40.0 Å². The Hall–Kier alpha value is -2.16. The van der Waals surface area contributed by atoms with Gasteiger partial charge in [-0.3, -0.25) is 14.2 Å². The molecule has 3 heterocycles. The smallest absolute Gasteiger partial charge is 0.418 e. The van der Waals surface area contributed by atoms with E-state index in [1.54, 1.807) is 20.8 Å². The van der Waals surface area contributed by atoms with Crippen LogP contribution in [0.15, 0.2) is 0 Å². The summed E-state index contributed by atoms with van der Waals surface area (Å²) in [5, 5.41) is 0.569. The van der Waals surface area contributed by atoms with Gasteiger partial charge in [-0.2, -0.15) is 13.5 Å². The van der Waals surface area contributed by atoms with Crippen molar-refractivity contribution in [3.05, 3.63) is 0 Å². The molecule has 14 heteroatoms. The number of hydrogen-bond donors (Lipinski definition) is 2. The van der Waals surface area contributed by atoms with E-state index in [0.29, 0.717) is 24.4 Å². The van der Waals surface area contributed by atoms with Gasteiger partial charge in [0, 0.05) is 13.1 Å². The monoisotopic (exact) mass is 450 g/mol. The van der Waals surface area contributed by atoms with Gasteiger partial charge in [0.25, 0.3) is 5.91 Å². The summed E-state index contributed by atoms with van der Waals surface area (Å²) >= 11 is 0. The van der Waals surface area contributed by atoms with Crippen molar-refractivity contribution in [3.8, 4) is 0 Å². The number of urea groups is 1. The van der Waals surface area contributed by atoms with Crippen molar-refractivity contribution in [2.24, 2.45) is 0 Å². The maximum absolute atomic E-state index is 12.5. The van der Waals surface area contributed by atoms with Crippen LogP contribution in [-0.4, -0.2) is 89.3 Å². The highest BCUT2D eigenvalue weighted by molar-refractivity contribution is 7.80. The minimum atomic E-state index is -4.85. The summed E-state index contributed by atoms with van der Waals surface area (Å²) in [6, 6.07) is -2.28. The Morgan fingerprint density at radius 3 is 2.50 bits per heavy atom. The van der Waals surface area contributed by atoms with Crippen molar-refractivity contribution < 1.29 is 41.2 Å². The van der Waals surface area contributed by atoms with E-state index < -0.39 is 52.2 Å². The van der Waals surface area contributed by atoms with Gasteiger partial charge in [0.15, 0.2) is 0 Å². The molecule has 0 spiro atoms. The lowest BCUT2D eigenvalue weighted by Gasteiger charge is -2.29. The highest BCUT2D eigenvalue weighted by Gasteiger charge is 2.49. The molecular formula is C16H26N4O9S. The van der Waals surface area contributed by atoms with Crippen molar-refractivity contribution in [2.45, 2.75) is 63.8 Å². The first-order valence-corrected chi connectivity index (χ1v) is 10.9. The molecule has 0 radical (unpaired) electrons. The number of nitrogens with zero attached hydrogens (tertiary/aromatic N) is 3. The number of carbonyl (C=O) groups excluding carboxylic acids is 3. The molecule has 0 unspecified atom stereocenters. The zero-order chi connectivity index (χ0) is 22.3. The SMILES string of the molecule is CC(C)(C)OC(=O)N1CC[C@@H](ONC(=O)[C@@H]2CC[C@@H]3CN2C(=O)N3OS(=O)(=O)O)C1. The molecule has 3 fully saturated rings. The number of nitrogens with one attached hydrogen (secondary N) is 1. The second-order valence-electron chi connectivity index (χ2n) is 8.43. The fraction of sp³-hybridized carbons (Fsp3) is 0.812. The largest absolute Gasteiger partial charge is 0.444 e. The third-order valence-electron chi connectivity index (χ3n) is 4.92. The van der Waals surface area contributed by atoms with Crippen LogP contribution in [0.2, 0.25) is 0 Å². The van der Waals surface area contributed by atoms with Crippen LogP contribution in [0.5, 0.6) is 0 Å². The third-order valence-corrected chi connectivity index (χ3v) is 5.27. The maximum Gasteiger partial charge on any atom is 0.418 e. The van der Waals surface area contributed by atoms with Crippen molar-refractivity contribution in [3.63, 3.8) is 0 Å². The number of ether oxygens (including phenoxy) is 1. The first kappa shape index (κ1) is 22.5. The van der Waals surface area contributed by atoms with Gasteiger partial charge in [0.2, 0.25) is 0 Å². The summed E-state index contributed by atoms with van der Waals surface area (Å²) in [6.07, 6.45) is 0.202. The summed E-state index contributed by atoms with van der Waals surface area (Å²) in [7, 11) is -4.85. The van der Waals surface area contributed by atoms with Gasteiger partial charge < -0.3 is 14.5 Å². The predicted molar refractivity (Wildman–Crippen MR) is 98.8 cm³/mol. The normalized spacial score (nSPS) is 26.9. The molecular weight excluding hydrogens is 424 g/mol. The minimum absolute atomic E-state index is 0.0856. The predicted octanol–water partition coefficient (Wildman–Crippen LogP) is 0.0466. The molecule has 0 aromatic rings. The third kappa shape index (κ3) is 5.30. The average Bonchev–Trinajstić information content (AvgIpc) is 3.17. The molecule has 2 bridgehead atoms. The van der Waals surface area contributed by atoms with Crippen LogP contribution in [0.1, 0.15) is 40.0 Å². The lowest BCUT2D eigenvalue weighted by molar-refractivity contribution is -0.143. The lowest BCUT2D eigenvalue weighted by atomic mass is 10.0. The van der Waals surface area contributed by atoms with E-state index >= 15 is 0 Å². The first-order valence-electron chi connectivity index (χ1n) is 9.54. The number of likely N-dealkylation sites (tertiary alicyclic amines) is 1. The fourth-order valence-corrected chi connectivity index (χ4v) is 4.02. The Kier molecular flexibility index (Phi) is 6.13. The van der Waals surface area contributed by atoms with E-state index in [1.165, 1.54) is 9.80 Å². The van der Waals surface area contributed by atoms with Crippen LogP contribution < -0.4 is 5.48 Å². The second kappa shape index (κ2) is 8.17. The first-order chi connectivity index (χ1) is 13.8. The van der Waals surface area contributed by atoms with Crippen LogP contribution in [0.3, 0.4) is 0 Å². The molecule has 13 nitrogen and oxygen atoms in total. The summed E-state index contributed by atoms with van der Waals surface area (Å²) < 4.78 is 40.3. The summed E-state index contributed by atoms with van der Waals surface area (Å²) in [4.78, 5) is 45.0. The van der Waals surface area contributed by atoms with Gasteiger partial charge in [-0.1, -0.05) is 0 Å². The summed E-state index contributed by atoms with van der Waals surface area (Å²) in [5.74, 6) is -0.564. The van der Waals surface area contributed by atoms with E-state index in [1.807, 2.05) is 0 Å². The van der Waals surface area contributed by atoms with Crippen molar-refractivity contribution in [1.29, 1.82) is 0 Å². The molecule has 3 saturated heterocycles. The van der Waals surface area contributed by atoms with Crippen LogP contribution in [0.4, 0.5) is 9.59 Å². The Bertz CT molecular complexity index is 812. The molecule has 0 aromatic heterocycles. The summed E-state index contributed by atoms with van der Waals surface area (Å²) in [5.41, 5.74) is 1.72. The quantitative estimate of drug-likeness (QED) is 0.436. The number of fused-ring (bicyclic) bond motifs is 2. The van der Waals surface area contributed by atoms with Crippen molar-refractivity contribution in [1.82, 2.24) is 20.3 Å². The maximum atomic E-state index is 12.5. The molecule has 170 valence electrons. The fourth-order valence-electron chi connectivity index (χ4n) is 3.63. The van der Waals surface area contributed by atoms with Crippen LogP contribution in [0.25, 0.3) is 0 Å². The zero-order valence-corrected chi connectivity index (χ0v) is 17.8. The molecule has 0 aromatic carbocycles. The molecule has 3 aliphatic rings. The number of amides is 4. The van der Waals surface area contributed by atoms with Gasteiger partial charge >= 0.3 is 22.5 Å². The second-order valence-corrected chi connectivity index (χ2v) is 9.44. The van der Waals surface area contributed by atoms with Crippen LogP contribution >= 0.6 is 0 Å². The molecule has 2 N–H and O–H groups in total. The zero-order valence-electron chi connectivity index (χ0n) is 16.9. The van der Waals surface area contributed by atoms with E-state index in [-0.39, 0.29) is 19.5 Å². The number of hydrogen-bond acceptors (Lipinski definition) is 8. The number of piperidine rings is 1. The molecule has 0 saturated carbocycles. The minimum Gasteiger partial charge on any atom is -0.444 e. The van der Waals surface area contributed by atoms with E-state index in [0.717, 1.165) is 0 Å². The molecule has 3 rings (SSSR count). The molecule has 3 aliphatic heterocycles. The van der Waals surface area contributed by atoms with Crippen molar-refractivity contribution >= 4 is 28.4 Å². The highest BCUT2D eigenvalue weighted by atomic mass is 32.3. The van der Waals surface area contributed by atoms with Gasteiger partial charge in [-0.25, -0.2) is 15.1 Å². The van der Waals surface area contributed by atoms with Gasteiger partial charge in [-0.15, -0.1) is 4.28 Å². The Morgan fingerprint density at radius 2 is 1.87 bits per heavy atom. The molecule has 4 amide bonds. The number of rotatable bonds is 5. The highest BCUT2D eigenvalue weighted by Crippen LogP contribution is 2.30. The number of hydroxylamine groups is 3. The molecule has 3 atom stereocenters. The standard InChI is InChI=1S/C16H26N4O9S/c1-16(2,3)27-15(23)18-7-6-11(9-18)28-17-13(21)12-5-4-10-8-19(12)14(22)20(10)29-30(24,25)26/h10-12H,4-9H2,1-3H3,(H,17,21)(H,24,25,26)/t10-,11-,12+/m1/s1. The molecule has 30 heavy (non-hydrogen) atoms. The Morgan fingerprint density at radius 1 is 1.17 bits per heavy atom. The lowest BCUT2D eigenvalue weighted by Crippen LogP contribution is -2.50. The van der Waals surface area contributed by atoms with Gasteiger partial charge in [0.1, 0.15) is 17.7 Å². The Labute approximate surface area is 174 Å². The molecule has 0 aliphatic carbocycles. The van der Waals surface area contributed by atoms with E-state index in [2.05, 4.69) is 9.76 Å².